The van der Waals surface area contributed by atoms with Gasteiger partial charge in [0, 0.05) is 36.4 Å². The molecule has 4 rings (SSSR count). The van der Waals surface area contributed by atoms with Crippen LogP contribution in [-0.2, 0) is 0 Å². The molecule has 3 aromatic heterocycles. The Bertz CT molecular complexity index is 783. The van der Waals surface area contributed by atoms with E-state index in [4.69, 9.17) is 4.98 Å². The number of H-pyrrole nitrogens is 1. The number of hydrogen-bond donors (Lipinski definition) is 2. The summed E-state index contributed by atoms with van der Waals surface area (Å²) in [6.45, 7) is 1.51. The average molecular weight is 280 g/mol. The molecule has 1 atom stereocenters. The van der Waals surface area contributed by atoms with E-state index >= 15 is 0 Å². The molecule has 0 aliphatic carbocycles. The predicted molar refractivity (Wildman–Crippen MR) is 82.2 cm³/mol. The average Bonchev–Trinajstić information content (AvgIpc) is 3.15. The molecule has 2 N–H and O–H groups in total. The zero-order valence-corrected chi connectivity index (χ0v) is 11.5. The maximum absolute atomic E-state index is 9.68. The monoisotopic (exact) mass is 280 g/mol. The minimum absolute atomic E-state index is 0.243. The summed E-state index contributed by atoms with van der Waals surface area (Å²) in [5.74, 6) is 0.921. The zero-order chi connectivity index (χ0) is 14.2. The molecule has 0 aromatic carbocycles. The quantitative estimate of drug-likeness (QED) is 0.755. The lowest BCUT2D eigenvalue weighted by Gasteiger charge is -2.17. The molecule has 0 spiro atoms. The summed E-state index contributed by atoms with van der Waals surface area (Å²) in [6.07, 6.45) is 4.25. The first-order valence-corrected chi connectivity index (χ1v) is 7.14. The molecule has 0 saturated carbocycles. The Labute approximate surface area is 122 Å². The Balaban J connectivity index is 1.77. The molecule has 0 amide bonds. The Morgan fingerprint density at radius 3 is 3.05 bits per heavy atom. The summed E-state index contributed by atoms with van der Waals surface area (Å²) in [5, 5.41) is 10.8. The van der Waals surface area contributed by atoms with Gasteiger partial charge in [-0.2, -0.15) is 0 Å². The first-order valence-electron chi connectivity index (χ1n) is 7.14. The molecular weight excluding hydrogens is 264 g/mol. The van der Waals surface area contributed by atoms with E-state index in [1.54, 1.807) is 6.20 Å². The number of nitrogens with zero attached hydrogens (tertiary/aromatic N) is 3. The van der Waals surface area contributed by atoms with Crippen LogP contribution in [0.2, 0.25) is 0 Å². The Morgan fingerprint density at radius 2 is 2.19 bits per heavy atom. The molecule has 5 heteroatoms. The molecular formula is C16H16N4O. The van der Waals surface area contributed by atoms with E-state index < -0.39 is 0 Å². The van der Waals surface area contributed by atoms with Crippen molar-refractivity contribution in [1.29, 1.82) is 0 Å². The van der Waals surface area contributed by atoms with E-state index in [0.717, 1.165) is 41.1 Å². The van der Waals surface area contributed by atoms with Crippen molar-refractivity contribution in [2.45, 2.75) is 12.5 Å². The Morgan fingerprint density at radius 1 is 1.24 bits per heavy atom. The van der Waals surface area contributed by atoms with Crippen LogP contribution in [0, 0.1) is 0 Å². The molecule has 1 fully saturated rings. The largest absolute Gasteiger partial charge is 0.391 e. The third kappa shape index (κ3) is 2.15. The number of aliphatic hydroxyl groups excluding tert-OH is 1. The second kappa shape index (κ2) is 4.86. The fraction of sp³-hybridized carbons (Fsp3) is 0.250. The molecule has 1 aliphatic rings. The highest BCUT2D eigenvalue weighted by Crippen LogP contribution is 2.27. The van der Waals surface area contributed by atoms with Crippen LogP contribution in [0.1, 0.15) is 6.42 Å². The fourth-order valence-corrected chi connectivity index (χ4v) is 2.88. The highest BCUT2D eigenvalue weighted by molar-refractivity contribution is 5.91. The van der Waals surface area contributed by atoms with Crippen LogP contribution in [0.3, 0.4) is 0 Å². The maximum atomic E-state index is 9.68. The van der Waals surface area contributed by atoms with Crippen LogP contribution in [0.5, 0.6) is 0 Å². The summed E-state index contributed by atoms with van der Waals surface area (Å²) < 4.78 is 0. The van der Waals surface area contributed by atoms with Crippen molar-refractivity contribution >= 4 is 16.9 Å². The predicted octanol–water partition coefficient (Wildman–Crippen LogP) is 2.20. The van der Waals surface area contributed by atoms with E-state index in [1.807, 2.05) is 36.5 Å². The lowest BCUT2D eigenvalue weighted by atomic mass is 10.1. The summed E-state index contributed by atoms with van der Waals surface area (Å²) in [5.41, 5.74) is 2.88. The van der Waals surface area contributed by atoms with Gasteiger partial charge in [-0.1, -0.05) is 6.07 Å². The Hall–Kier alpha value is -2.40. The number of nitrogens with one attached hydrogen (secondary N) is 1. The van der Waals surface area contributed by atoms with Crippen LogP contribution >= 0.6 is 0 Å². The van der Waals surface area contributed by atoms with E-state index in [0.29, 0.717) is 6.54 Å². The molecule has 3 aromatic rings. The zero-order valence-electron chi connectivity index (χ0n) is 11.5. The van der Waals surface area contributed by atoms with Crippen molar-refractivity contribution in [3.8, 4) is 11.3 Å². The highest BCUT2D eigenvalue weighted by atomic mass is 16.3. The van der Waals surface area contributed by atoms with Gasteiger partial charge in [0.1, 0.15) is 11.5 Å². The number of aliphatic hydroxyl groups is 1. The van der Waals surface area contributed by atoms with Gasteiger partial charge >= 0.3 is 0 Å². The van der Waals surface area contributed by atoms with E-state index in [9.17, 15) is 5.11 Å². The first kappa shape index (κ1) is 12.3. The van der Waals surface area contributed by atoms with Gasteiger partial charge in [0.15, 0.2) is 0 Å². The molecule has 0 radical (unpaired) electrons. The van der Waals surface area contributed by atoms with Crippen molar-refractivity contribution in [2.75, 3.05) is 18.0 Å². The lowest BCUT2D eigenvalue weighted by molar-refractivity contribution is 0.198. The van der Waals surface area contributed by atoms with Crippen molar-refractivity contribution in [2.24, 2.45) is 0 Å². The van der Waals surface area contributed by atoms with Crippen LogP contribution in [0.25, 0.3) is 22.3 Å². The van der Waals surface area contributed by atoms with Crippen molar-refractivity contribution in [3.05, 3.63) is 42.7 Å². The molecule has 21 heavy (non-hydrogen) atoms. The van der Waals surface area contributed by atoms with Crippen LogP contribution in [0.15, 0.2) is 42.7 Å². The summed E-state index contributed by atoms with van der Waals surface area (Å²) in [6, 6.07) is 10.0. The molecule has 1 saturated heterocycles. The number of aromatic amines is 1. The minimum Gasteiger partial charge on any atom is -0.391 e. The number of β-amino-alcohol motifs (C(OH)–C–C–N with tert-alkyl or cyclic N) is 1. The topological polar surface area (TPSA) is 65.0 Å². The van der Waals surface area contributed by atoms with Gasteiger partial charge in [-0.3, -0.25) is 0 Å². The third-order valence-corrected chi connectivity index (χ3v) is 3.96. The maximum Gasteiger partial charge on any atom is 0.137 e. The van der Waals surface area contributed by atoms with Gasteiger partial charge in [0.25, 0.3) is 0 Å². The SMILES string of the molecule is OC1CCN(c2cccc(-c3ccnc4[nH]ccc34)n2)C1. The van der Waals surface area contributed by atoms with Gasteiger partial charge in [0.2, 0.25) is 0 Å². The van der Waals surface area contributed by atoms with Gasteiger partial charge < -0.3 is 15.0 Å². The van der Waals surface area contributed by atoms with Gasteiger partial charge in [0.05, 0.1) is 11.8 Å². The minimum atomic E-state index is -0.243. The van der Waals surface area contributed by atoms with Gasteiger partial charge in [-0.25, -0.2) is 9.97 Å². The van der Waals surface area contributed by atoms with E-state index in [2.05, 4.69) is 14.9 Å². The van der Waals surface area contributed by atoms with Crippen LogP contribution < -0.4 is 4.90 Å². The normalized spacial score (nSPS) is 18.5. The third-order valence-electron chi connectivity index (χ3n) is 3.96. The number of rotatable bonds is 2. The summed E-state index contributed by atoms with van der Waals surface area (Å²) in [7, 11) is 0. The summed E-state index contributed by atoms with van der Waals surface area (Å²) in [4.78, 5) is 14.3. The molecule has 0 bridgehead atoms. The molecule has 4 heterocycles. The van der Waals surface area contributed by atoms with Gasteiger partial charge in [-0.05, 0) is 30.7 Å². The van der Waals surface area contributed by atoms with Crippen molar-refractivity contribution < 1.29 is 5.11 Å². The first-order chi connectivity index (χ1) is 10.3. The smallest absolute Gasteiger partial charge is 0.137 e. The number of hydrogen-bond acceptors (Lipinski definition) is 4. The molecule has 106 valence electrons. The standard InChI is InChI=1S/C16H16N4O/c21-11-6-9-20(10-11)15-3-1-2-14(19-15)12-4-7-17-16-13(12)5-8-18-16/h1-5,7-8,11,21H,6,9-10H2,(H,17,18). The number of aromatic nitrogens is 3. The number of fused-ring (bicyclic) bond motifs is 1. The number of anilines is 1. The molecule has 1 unspecified atom stereocenters. The lowest BCUT2D eigenvalue weighted by Crippen LogP contribution is -2.22. The van der Waals surface area contributed by atoms with E-state index in [1.165, 1.54) is 0 Å². The van der Waals surface area contributed by atoms with E-state index in [-0.39, 0.29) is 6.10 Å². The second-order valence-electron chi connectivity index (χ2n) is 5.37. The Kier molecular flexibility index (Phi) is 2.86. The molecule has 1 aliphatic heterocycles. The van der Waals surface area contributed by atoms with Crippen molar-refractivity contribution in [3.63, 3.8) is 0 Å². The van der Waals surface area contributed by atoms with Crippen LogP contribution in [0.4, 0.5) is 5.82 Å². The van der Waals surface area contributed by atoms with Crippen LogP contribution in [-0.4, -0.2) is 39.3 Å². The molecule has 5 nitrogen and oxygen atoms in total. The van der Waals surface area contributed by atoms with Crippen molar-refractivity contribution in [1.82, 2.24) is 15.0 Å². The van der Waals surface area contributed by atoms with Gasteiger partial charge in [-0.15, -0.1) is 0 Å². The highest BCUT2D eigenvalue weighted by Gasteiger charge is 2.21. The fourth-order valence-electron chi connectivity index (χ4n) is 2.88. The number of pyridine rings is 2. The summed E-state index contributed by atoms with van der Waals surface area (Å²) >= 11 is 0. The second-order valence-corrected chi connectivity index (χ2v) is 5.37.